The molecule has 0 saturated heterocycles. The van der Waals surface area contributed by atoms with Crippen LogP contribution in [0.15, 0.2) is 0 Å². The van der Waals surface area contributed by atoms with Gasteiger partial charge in [0.15, 0.2) is 0 Å². The van der Waals surface area contributed by atoms with Gasteiger partial charge in [-0.2, -0.15) is 0 Å². The molecule has 6 atom stereocenters. The summed E-state index contributed by atoms with van der Waals surface area (Å²) in [5.41, 5.74) is 0. The molecule has 2 aliphatic rings. The third-order valence-electron chi connectivity index (χ3n) is 10.9. The average Bonchev–Trinajstić information content (AvgIpc) is 2.93. The zero-order valence-electron chi connectivity index (χ0n) is 29.2. The van der Waals surface area contributed by atoms with Gasteiger partial charge in [0.2, 0.25) is 5.91 Å². The molecule has 0 aromatic rings. The summed E-state index contributed by atoms with van der Waals surface area (Å²) in [6.45, 7) is 19.6. The number of carbonyl (C=O) groups excluding carboxylic acids is 2. The van der Waals surface area contributed by atoms with E-state index >= 15 is 0 Å². The molecule has 2 fully saturated rings. The average molecular weight is 592 g/mol. The van der Waals surface area contributed by atoms with E-state index in [4.69, 9.17) is 4.84 Å². The van der Waals surface area contributed by atoms with Crippen molar-refractivity contribution < 1.29 is 19.1 Å². The maximum absolute atomic E-state index is 13.0. The second-order valence-corrected chi connectivity index (χ2v) is 15.2. The first kappa shape index (κ1) is 37.1. The molecule has 0 bridgehead atoms. The second kappa shape index (κ2) is 19.3. The Morgan fingerprint density at radius 2 is 1.21 bits per heavy atom. The van der Waals surface area contributed by atoms with Crippen molar-refractivity contribution >= 4 is 11.9 Å². The molecule has 5 nitrogen and oxygen atoms in total. The fourth-order valence-corrected chi connectivity index (χ4v) is 8.55. The van der Waals surface area contributed by atoms with Crippen LogP contribution in [-0.2, 0) is 14.4 Å². The van der Waals surface area contributed by atoms with Gasteiger partial charge in [0, 0.05) is 51.0 Å². The van der Waals surface area contributed by atoms with Crippen molar-refractivity contribution in [3.8, 4) is 0 Å². The van der Waals surface area contributed by atoms with E-state index in [9.17, 15) is 9.59 Å². The predicted molar refractivity (Wildman–Crippen MR) is 177 cm³/mol. The molecule has 1 amide bonds. The first-order chi connectivity index (χ1) is 20.0. The first-order valence-corrected chi connectivity index (χ1v) is 18.4. The summed E-state index contributed by atoms with van der Waals surface area (Å²) < 4.78 is 0.490. The monoisotopic (exact) mass is 592 g/mol. The minimum atomic E-state index is -0.147. The Bertz CT molecular complexity index is 734. The van der Waals surface area contributed by atoms with Crippen LogP contribution in [0.4, 0.5) is 0 Å². The van der Waals surface area contributed by atoms with Crippen molar-refractivity contribution in [3.05, 3.63) is 0 Å². The third kappa shape index (κ3) is 11.8. The number of unbranched alkanes of at least 4 members (excludes halogenated alkanes) is 8. The summed E-state index contributed by atoms with van der Waals surface area (Å²) in [6.07, 6.45) is 20.1. The van der Waals surface area contributed by atoms with Crippen LogP contribution in [-0.4, -0.2) is 41.7 Å². The van der Waals surface area contributed by atoms with E-state index < -0.39 is 0 Å². The third-order valence-corrected chi connectivity index (χ3v) is 10.9. The summed E-state index contributed by atoms with van der Waals surface area (Å²) >= 11 is 0. The predicted octanol–water partition coefficient (Wildman–Crippen LogP) is 9.63. The molecule has 5 heteroatoms. The van der Waals surface area contributed by atoms with E-state index in [-0.39, 0.29) is 11.9 Å². The summed E-state index contributed by atoms with van der Waals surface area (Å²) in [7, 11) is 0. The molecule has 246 valence electrons. The van der Waals surface area contributed by atoms with Crippen LogP contribution in [0.3, 0.4) is 0 Å². The van der Waals surface area contributed by atoms with Crippen molar-refractivity contribution in [2.75, 3.05) is 13.1 Å². The van der Waals surface area contributed by atoms with E-state index in [1.54, 1.807) is 6.92 Å². The van der Waals surface area contributed by atoms with Crippen molar-refractivity contribution in [2.45, 2.75) is 177 Å². The summed E-state index contributed by atoms with van der Waals surface area (Å²) in [5, 5.41) is 3.24. The van der Waals surface area contributed by atoms with Gasteiger partial charge < -0.3 is 5.32 Å². The standard InChI is InChI=1S/C37H70N2O3/c1-9-10-11-12-13-14-15-16-17-19-37(41)38-24-18-25-39(42-32(8)40,35-26-30(6)20-22-33(35)28(2)3)36-27-31(7)21-23-34(36)29(4)5/h28-31,33-36H,9-27H2,1-8H3/p+1. The van der Waals surface area contributed by atoms with Gasteiger partial charge in [-0.15, -0.1) is 4.65 Å². The highest BCUT2D eigenvalue weighted by atomic mass is 16.7. The Morgan fingerprint density at radius 1 is 0.738 bits per heavy atom. The number of rotatable bonds is 19. The summed E-state index contributed by atoms with van der Waals surface area (Å²) in [4.78, 5) is 32.4. The minimum Gasteiger partial charge on any atom is -0.356 e. The van der Waals surface area contributed by atoms with E-state index in [0.717, 1.165) is 38.6 Å². The molecular formula is C37H71N2O3+. The molecule has 0 spiro atoms. The topological polar surface area (TPSA) is 55.4 Å². The van der Waals surface area contributed by atoms with E-state index in [2.05, 4.69) is 53.8 Å². The smallest absolute Gasteiger partial charge is 0.356 e. The fraction of sp³-hybridized carbons (Fsp3) is 0.946. The van der Waals surface area contributed by atoms with Crippen LogP contribution >= 0.6 is 0 Å². The van der Waals surface area contributed by atoms with Gasteiger partial charge in [-0.3, -0.25) is 9.63 Å². The lowest BCUT2D eigenvalue weighted by molar-refractivity contribution is -1.13. The molecule has 42 heavy (non-hydrogen) atoms. The maximum atomic E-state index is 13.0. The molecule has 0 radical (unpaired) electrons. The Balaban J connectivity index is 2.09. The molecule has 0 aliphatic heterocycles. The highest BCUT2D eigenvalue weighted by Crippen LogP contribution is 2.47. The normalized spacial score (nSPS) is 28.0. The lowest BCUT2D eigenvalue weighted by Gasteiger charge is -2.55. The van der Waals surface area contributed by atoms with Crippen LogP contribution in [0.5, 0.6) is 0 Å². The van der Waals surface area contributed by atoms with Gasteiger partial charge in [0.1, 0.15) is 18.6 Å². The second-order valence-electron chi connectivity index (χ2n) is 15.2. The minimum absolute atomic E-state index is 0.147. The lowest BCUT2D eigenvalue weighted by Crippen LogP contribution is -2.69. The van der Waals surface area contributed by atoms with Gasteiger partial charge >= 0.3 is 5.97 Å². The zero-order valence-corrected chi connectivity index (χ0v) is 29.2. The number of nitrogens with zero attached hydrogens (tertiary/aromatic N) is 1. The Hall–Kier alpha value is -1.10. The summed E-state index contributed by atoms with van der Waals surface area (Å²) in [5.74, 6) is 3.54. The fourth-order valence-electron chi connectivity index (χ4n) is 8.55. The molecule has 0 heterocycles. The van der Waals surface area contributed by atoms with Crippen LogP contribution in [0.1, 0.15) is 165 Å². The van der Waals surface area contributed by atoms with Crippen molar-refractivity contribution in [1.29, 1.82) is 0 Å². The van der Waals surface area contributed by atoms with Crippen molar-refractivity contribution in [2.24, 2.45) is 35.5 Å². The van der Waals surface area contributed by atoms with E-state index in [1.165, 1.54) is 70.6 Å². The molecular weight excluding hydrogens is 520 g/mol. The molecule has 1 N–H and O–H groups in total. The van der Waals surface area contributed by atoms with Crippen LogP contribution in [0, 0.1) is 35.5 Å². The highest BCUT2D eigenvalue weighted by Gasteiger charge is 2.56. The highest BCUT2D eigenvalue weighted by molar-refractivity contribution is 5.75. The lowest BCUT2D eigenvalue weighted by atomic mass is 9.69. The Morgan fingerprint density at radius 3 is 1.67 bits per heavy atom. The molecule has 0 aromatic heterocycles. The number of hydroxylamine groups is 3. The van der Waals surface area contributed by atoms with E-state index in [0.29, 0.717) is 65.2 Å². The van der Waals surface area contributed by atoms with Gasteiger partial charge in [0.05, 0.1) is 0 Å². The van der Waals surface area contributed by atoms with Crippen LogP contribution in [0.25, 0.3) is 0 Å². The van der Waals surface area contributed by atoms with Crippen LogP contribution < -0.4 is 5.32 Å². The zero-order chi connectivity index (χ0) is 31.1. The van der Waals surface area contributed by atoms with Gasteiger partial charge in [-0.1, -0.05) is 99.8 Å². The van der Waals surface area contributed by atoms with Crippen molar-refractivity contribution in [3.63, 3.8) is 0 Å². The number of carbonyl (C=O) groups is 2. The molecule has 6 unspecified atom stereocenters. The van der Waals surface area contributed by atoms with Crippen molar-refractivity contribution in [1.82, 2.24) is 5.32 Å². The SMILES string of the molecule is CCCCCCCCCCCC(=O)NCCC[N+](OC(C)=O)(C1CC(C)CCC1C(C)C)C1CC(C)CCC1C(C)C. The number of nitrogens with one attached hydrogen (secondary N) is 1. The quantitative estimate of drug-likeness (QED) is 0.0924. The number of quaternary nitrogens is 1. The van der Waals surface area contributed by atoms with E-state index in [1.807, 2.05) is 0 Å². The summed E-state index contributed by atoms with van der Waals surface area (Å²) in [6, 6.07) is 0.652. The van der Waals surface area contributed by atoms with Gasteiger partial charge in [-0.25, -0.2) is 4.79 Å². The molecule has 2 aliphatic carbocycles. The van der Waals surface area contributed by atoms with Gasteiger partial charge in [0.25, 0.3) is 0 Å². The first-order valence-electron chi connectivity index (χ1n) is 18.4. The molecule has 2 rings (SSSR count). The number of amides is 1. The number of hydrogen-bond donors (Lipinski definition) is 1. The maximum Gasteiger partial charge on any atom is 0.363 e. The Kier molecular flexibility index (Phi) is 17.1. The van der Waals surface area contributed by atoms with Crippen LogP contribution in [0.2, 0.25) is 0 Å². The Labute approximate surface area is 261 Å². The largest absolute Gasteiger partial charge is 0.363 e. The molecule has 0 aromatic carbocycles. The molecule has 2 saturated carbocycles. The number of hydrogen-bond acceptors (Lipinski definition) is 3. The van der Waals surface area contributed by atoms with Gasteiger partial charge in [-0.05, 0) is 55.8 Å².